The van der Waals surface area contributed by atoms with E-state index in [9.17, 15) is 4.79 Å². The van der Waals surface area contributed by atoms with Gasteiger partial charge in [0.15, 0.2) is 0 Å². The molecule has 0 atom stereocenters. The van der Waals surface area contributed by atoms with Crippen LogP contribution in [0.25, 0.3) is 0 Å². The van der Waals surface area contributed by atoms with Crippen molar-refractivity contribution in [2.24, 2.45) is 0 Å². The molecule has 2 fully saturated rings. The fraction of sp³-hybridized carbons (Fsp3) is 0.933. The Bertz CT molecular complexity index is 282. The average molecular weight is 284 g/mol. The zero-order chi connectivity index (χ0) is 13.6. The minimum Gasteiger partial charge on any atom is -0.337 e. The molecule has 2 rings (SSSR count). The number of likely N-dealkylation sites (tertiary alicyclic amines) is 1. The van der Waals surface area contributed by atoms with Gasteiger partial charge in [-0.05, 0) is 31.9 Å². The largest absolute Gasteiger partial charge is 0.337 e. The van der Waals surface area contributed by atoms with Crippen molar-refractivity contribution in [1.82, 2.24) is 10.2 Å². The fourth-order valence-electron chi connectivity index (χ4n) is 3.27. The summed E-state index contributed by atoms with van der Waals surface area (Å²) in [7, 11) is 0. The predicted molar refractivity (Wildman–Crippen MR) is 82.8 cm³/mol. The number of amides is 2. The van der Waals surface area contributed by atoms with E-state index >= 15 is 0 Å². The predicted octanol–water partition coefficient (Wildman–Crippen LogP) is 3.64. The second kappa shape index (κ2) is 7.41. The molecule has 1 saturated carbocycles. The van der Waals surface area contributed by atoms with Gasteiger partial charge in [0.25, 0.3) is 0 Å². The van der Waals surface area contributed by atoms with Gasteiger partial charge in [-0.3, -0.25) is 0 Å². The first-order valence-electron chi connectivity index (χ1n) is 7.84. The van der Waals surface area contributed by atoms with Crippen LogP contribution in [-0.4, -0.2) is 41.6 Å². The van der Waals surface area contributed by atoms with Gasteiger partial charge in [-0.15, -0.1) is 0 Å². The summed E-state index contributed by atoms with van der Waals surface area (Å²) >= 11 is 1.95. The number of nitrogens with one attached hydrogen (secondary N) is 1. The molecule has 110 valence electrons. The van der Waals surface area contributed by atoms with Crippen LogP contribution in [0.4, 0.5) is 4.79 Å². The zero-order valence-corrected chi connectivity index (χ0v) is 13.1. The van der Waals surface area contributed by atoms with Crippen LogP contribution in [0.15, 0.2) is 0 Å². The molecule has 1 heterocycles. The van der Waals surface area contributed by atoms with Crippen LogP contribution in [0.3, 0.4) is 0 Å². The van der Waals surface area contributed by atoms with Crippen LogP contribution < -0.4 is 5.32 Å². The molecule has 0 aromatic rings. The van der Waals surface area contributed by atoms with Gasteiger partial charge in [0.05, 0.1) is 0 Å². The Kier molecular flexibility index (Phi) is 5.86. The van der Waals surface area contributed by atoms with Crippen molar-refractivity contribution in [1.29, 1.82) is 0 Å². The van der Waals surface area contributed by atoms with E-state index in [0.29, 0.717) is 4.75 Å². The van der Waals surface area contributed by atoms with Crippen LogP contribution >= 0.6 is 11.8 Å². The van der Waals surface area contributed by atoms with Gasteiger partial charge in [-0.2, -0.15) is 11.8 Å². The summed E-state index contributed by atoms with van der Waals surface area (Å²) in [6, 6.07) is 0.167. The van der Waals surface area contributed by atoms with E-state index < -0.39 is 0 Å². The summed E-state index contributed by atoms with van der Waals surface area (Å²) in [4.78, 5) is 14.3. The third kappa shape index (κ3) is 4.30. The number of nitrogens with zero attached hydrogens (tertiary/aromatic N) is 1. The summed E-state index contributed by atoms with van der Waals surface area (Å²) in [5.74, 6) is 0. The summed E-state index contributed by atoms with van der Waals surface area (Å²) < 4.78 is 0.305. The van der Waals surface area contributed by atoms with Crippen LogP contribution in [-0.2, 0) is 0 Å². The molecule has 1 aliphatic heterocycles. The highest BCUT2D eigenvalue weighted by Gasteiger charge is 2.31. The minimum atomic E-state index is 0.167. The lowest BCUT2D eigenvalue weighted by molar-refractivity contribution is 0.197. The molecule has 1 N–H and O–H groups in total. The van der Waals surface area contributed by atoms with Gasteiger partial charge >= 0.3 is 6.03 Å². The number of hydrogen-bond acceptors (Lipinski definition) is 2. The molecule has 0 bridgehead atoms. The van der Waals surface area contributed by atoms with E-state index in [1.54, 1.807) is 0 Å². The van der Waals surface area contributed by atoms with Crippen molar-refractivity contribution in [3.8, 4) is 0 Å². The number of carbonyl (C=O) groups excluding carboxylic acids is 1. The van der Waals surface area contributed by atoms with E-state index in [0.717, 1.165) is 19.6 Å². The first-order chi connectivity index (χ1) is 9.26. The zero-order valence-electron chi connectivity index (χ0n) is 12.2. The number of thioether (sulfide) groups is 1. The van der Waals surface area contributed by atoms with Crippen molar-refractivity contribution < 1.29 is 4.79 Å². The molecule has 0 spiro atoms. The van der Waals surface area contributed by atoms with E-state index in [1.807, 2.05) is 16.7 Å². The second-order valence-corrected chi connectivity index (χ2v) is 7.28. The Hall–Kier alpha value is -0.380. The SMILES string of the molecule is CSC1(CNC(=O)N2CCCCCC2)CCCCC1. The van der Waals surface area contributed by atoms with Gasteiger partial charge in [0.1, 0.15) is 0 Å². The maximum absolute atomic E-state index is 12.3. The molecule has 1 aliphatic carbocycles. The van der Waals surface area contributed by atoms with Crippen LogP contribution in [0.1, 0.15) is 57.8 Å². The first kappa shape index (κ1) is 15.0. The third-order valence-electron chi connectivity index (χ3n) is 4.65. The number of hydrogen-bond donors (Lipinski definition) is 1. The van der Waals surface area contributed by atoms with Crippen molar-refractivity contribution in [3.63, 3.8) is 0 Å². The lowest BCUT2D eigenvalue weighted by atomic mass is 9.88. The molecule has 1 saturated heterocycles. The number of rotatable bonds is 3. The Morgan fingerprint density at radius 1 is 1.05 bits per heavy atom. The molecule has 0 aromatic heterocycles. The molecule has 3 nitrogen and oxygen atoms in total. The number of urea groups is 1. The van der Waals surface area contributed by atoms with Crippen molar-refractivity contribution >= 4 is 17.8 Å². The molecule has 0 unspecified atom stereocenters. The Labute approximate surface area is 121 Å². The average Bonchev–Trinajstić information content (AvgIpc) is 2.75. The summed E-state index contributed by atoms with van der Waals surface area (Å²) in [6.07, 6.45) is 13.6. The Balaban J connectivity index is 1.80. The summed E-state index contributed by atoms with van der Waals surface area (Å²) in [5, 5.41) is 3.21. The van der Waals surface area contributed by atoms with E-state index in [-0.39, 0.29) is 6.03 Å². The molecule has 19 heavy (non-hydrogen) atoms. The summed E-state index contributed by atoms with van der Waals surface area (Å²) in [6.45, 7) is 2.74. The molecular formula is C15H28N2OS. The topological polar surface area (TPSA) is 32.3 Å². The molecule has 4 heteroatoms. The normalized spacial score (nSPS) is 23.7. The second-order valence-electron chi connectivity index (χ2n) is 6.01. The van der Waals surface area contributed by atoms with E-state index in [1.165, 1.54) is 57.8 Å². The molecular weight excluding hydrogens is 256 g/mol. The Morgan fingerprint density at radius 2 is 1.63 bits per heavy atom. The first-order valence-corrected chi connectivity index (χ1v) is 9.06. The highest BCUT2D eigenvalue weighted by molar-refractivity contribution is 8.00. The lowest BCUT2D eigenvalue weighted by Gasteiger charge is -2.36. The maximum atomic E-state index is 12.3. The summed E-state index contributed by atoms with van der Waals surface area (Å²) in [5.41, 5.74) is 0. The smallest absolute Gasteiger partial charge is 0.317 e. The van der Waals surface area contributed by atoms with Crippen LogP contribution in [0.2, 0.25) is 0 Å². The molecule has 0 aromatic carbocycles. The van der Waals surface area contributed by atoms with E-state index in [4.69, 9.17) is 0 Å². The van der Waals surface area contributed by atoms with Crippen LogP contribution in [0, 0.1) is 0 Å². The van der Waals surface area contributed by atoms with E-state index in [2.05, 4.69) is 11.6 Å². The molecule has 0 radical (unpaired) electrons. The molecule has 2 amide bonds. The molecule has 2 aliphatic rings. The van der Waals surface area contributed by atoms with Gasteiger partial charge in [-0.1, -0.05) is 32.1 Å². The van der Waals surface area contributed by atoms with Crippen molar-refractivity contribution in [2.45, 2.75) is 62.5 Å². The van der Waals surface area contributed by atoms with Crippen LogP contribution in [0.5, 0.6) is 0 Å². The highest BCUT2D eigenvalue weighted by Crippen LogP contribution is 2.37. The maximum Gasteiger partial charge on any atom is 0.317 e. The number of carbonyl (C=O) groups is 1. The van der Waals surface area contributed by atoms with Gasteiger partial charge in [-0.25, -0.2) is 4.79 Å². The monoisotopic (exact) mass is 284 g/mol. The van der Waals surface area contributed by atoms with Crippen molar-refractivity contribution in [2.75, 3.05) is 25.9 Å². The van der Waals surface area contributed by atoms with Crippen molar-refractivity contribution in [3.05, 3.63) is 0 Å². The van der Waals surface area contributed by atoms with Gasteiger partial charge < -0.3 is 10.2 Å². The fourth-order valence-corrected chi connectivity index (χ4v) is 4.18. The quantitative estimate of drug-likeness (QED) is 0.858. The standard InChI is InChI=1S/C15H28N2OS/c1-19-15(9-5-4-6-10-15)13-16-14(18)17-11-7-2-3-8-12-17/h2-13H2,1H3,(H,16,18). The van der Waals surface area contributed by atoms with Gasteiger partial charge in [0, 0.05) is 24.4 Å². The highest BCUT2D eigenvalue weighted by atomic mass is 32.2. The third-order valence-corrected chi connectivity index (χ3v) is 6.07. The minimum absolute atomic E-state index is 0.167. The lowest BCUT2D eigenvalue weighted by Crippen LogP contribution is -2.47. The Morgan fingerprint density at radius 3 is 2.21 bits per heavy atom. The van der Waals surface area contributed by atoms with Gasteiger partial charge in [0.2, 0.25) is 0 Å².